The van der Waals surface area contributed by atoms with Crippen molar-refractivity contribution in [3.8, 4) is 5.00 Å². The predicted octanol–water partition coefficient (Wildman–Crippen LogP) is 3.66. The molecule has 2 aliphatic carbocycles. The highest BCUT2D eigenvalue weighted by Gasteiger charge is 2.38. The van der Waals surface area contributed by atoms with E-state index >= 15 is 0 Å². The van der Waals surface area contributed by atoms with Crippen molar-refractivity contribution in [2.24, 2.45) is 5.92 Å². The second-order valence-electron chi connectivity index (χ2n) is 8.96. The third-order valence-corrected chi connectivity index (χ3v) is 8.65. The molecule has 8 heteroatoms. The Hall–Kier alpha value is -1.77. The molecule has 162 valence electrons. The standard InChI is InChI=1S/C23H26ClN5OS/c1-12-27-28-19-11-25-21(15-7-2-3-8-17(15)24)20-16-9-13(22(30)26-14-5-4-6-14)10-18(16)31-23(20)29(12)19/h2-3,7-8,13-14,21-22,25-26,30H,4-6,9-11H2,1H3/t13-,21+,22?/m0/s1. The highest BCUT2D eigenvalue weighted by molar-refractivity contribution is 7.15. The number of nitrogens with zero attached hydrogens (tertiary/aromatic N) is 3. The van der Waals surface area contributed by atoms with Gasteiger partial charge in [0.05, 0.1) is 12.6 Å². The van der Waals surface area contributed by atoms with Crippen LogP contribution in [-0.2, 0) is 19.4 Å². The van der Waals surface area contributed by atoms with Gasteiger partial charge in [0.15, 0.2) is 5.82 Å². The van der Waals surface area contributed by atoms with Crippen LogP contribution in [0.3, 0.4) is 0 Å². The Bertz CT molecular complexity index is 1140. The molecule has 0 saturated heterocycles. The lowest BCUT2D eigenvalue weighted by Gasteiger charge is -2.31. The molecule has 0 spiro atoms. The van der Waals surface area contributed by atoms with Crippen LogP contribution >= 0.6 is 22.9 Å². The lowest BCUT2D eigenvalue weighted by atomic mass is 9.91. The van der Waals surface area contributed by atoms with E-state index in [2.05, 4.69) is 31.5 Å². The van der Waals surface area contributed by atoms with Crippen LogP contribution in [0.15, 0.2) is 24.3 Å². The molecule has 6 rings (SSSR count). The smallest absolute Gasteiger partial charge is 0.152 e. The highest BCUT2D eigenvalue weighted by Crippen LogP contribution is 2.47. The number of rotatable bonds is 4. The molecule has 0 bridgehead atoms. The lowest BCUT2D eigenvalue weighted by molar-refractivity contribution is 0.0542. The molecular formula is C23H26ClN5OS. The average Bonchev–Trinajstić information content (AvgIpc) is 3.36. The molecular weight excluding hydrogens is 430 g/mol. The van der Waals surface area contributed by atoms with Gasteiger partial charge in [0.25, 0.3) is 0 Å². The van der Waals surface area contributed by atoms with Gasteiger partial charge in [-0.15, -0.1) is 21.5 Å². The van der Waals surface area contributed by atoms with Gasteiger partial charge in [-0.05, 0) is 49.8 Å². The molecule has 31 heavy (non-hydrogen) atoms. The Morgan fingerprint density at radius 3 is 2.87 bits per heavy atom. The quantitative estimate of drug-likeness (QED) is 0.523. The van der Waals surface area contributed by atoms with Gasteiger partial charge in [-0.1, -0.05) is 36.2 Å². The van der Waals surface area contributed by atoms with Crippen LogP contribution in [0.4, 0.5) is 0 Å². The van der Waals surface area contributed by atoms with Gasteiger partial charge in [0.2, 0.25) is 0 Å². The van der Waals surface area contributed by atoms with E-state index in [-0.39, 0.29) is 12.0 Å². The molecule has 1 unspecified atom stereocenters. The Morgan fingerprint density at radius 2 is 2.10 bits per heavy atom. The van der Waals surface area contributed by atoms with E-state index in [9.17, 15) is 5.11 Å². The van der Waals surface area contributed by atoms with Crippen molar-refractivity contribution in [3.05, 3.63) is 62.5 Å². The number of thiophene rings is 1. The number of benzene rings is 1. The van der Waals surface area contributed by atoms with E-state index in [1.54, 1.807) is 0 Å². The molecule has 3 aromatic rings. The summed E-state index contributed by atoms with van der Waals surface area (Å²) in [6.07, 6.45) is 4.94. The Labute approximate surface area is 190 Å². The number of fused-ring (bicyclic) bond motifs is 5. The fourth-order valence-corrected chi connectivity index (χ4v) is 6.94. The molecule has 0 amide bonds. The molecule has 1 fully saturated rings. The summed E-state index contributed by atoms with van der Waals surface area (Å²) >= 11 is 8.47. The van der Waals surface area contributed by atoms with Crippen LogP contribution in [0, 0.1) is 12.8 Å². The number of halogens is 1. The SMILES string of the molecule is Cc1nnc2n1-c1sc3c(c1[C@@H](c1ccccc1Cl)NC2)C[C@H](C(O)NC1CCC1)C3. The summed E-state index contributed by atoms with van der Waals surface area (Å²) in [7, 11) is 0. The normalized spacial score (nSPS) is 23.6. The van der Waals surface area contributed by atoms with Crippen LogP contribution in [0.25, 0.3) is 5.00 Å². The van der Waals surface area contributed by atoms with E-state index in [0.717, 1.165) is 35.1 Å². The summed E-state index contributed by atoms with van der Waals surface area (Å²) in [6.45, 7) is 2.64. The third-order valence-electron chi connectivity index (χ3n) is 7.05. The average molecular weight is 456 g/mol. The van der Waals surface area contributed by atoms with E-state index < -0.39 is 6.23 Å². The van der Waals surface area contributed by atoms with Crippen molar-refractivity contribution in [2.75, 3.05) is 0 Å². The van der Waals surface area contributed by atoms with Crippen molar-refractivity contribution in [1.82, 2.24) is 25.4 Å². The maximum atomic E-state index is 10.9. The maximum absolute atomic E-state index is 10.9. The Morgan fingerprint density at radius 1 is 1.26 bits per heavy atom. The fraction of sp³-hybridized carbons (Fsp3) is 0.478. The highest BCUT2D eigenvalue weighted by atomic mass is 35.5. The van der Waals surface area contributed by atoms with E-state index in [0.29, 0.717) is 12.6 Å². The molecule has 6 nitrogen and oxygen atoms in total. The van der Waals surface area contributed by atoms with Crippen LogP contribution in [0.2, 0.25) is 5.02 Å². The second-order valence-corrected chi connectivity index (χ2v) is 10.5. The monoisotopic (exact) mass is 455 g/mol. The van der Waals surface area contributed by atoms with E-state index in [1.807, 2.05) is 36.5 Å². The molecule has 1 aliphatic heterocycles. The first-order valence-electron chi connectivity index (χ1n) is 11.1. The van der Waals surface area contributed by atoms with E-state index in [4.69, 9.17) is 11.6 Å². The molecule has 2 aromatic heterocycles. The number of hydrogen-bond acceptors (Lipinski definition) is 6. The first-order valence-corrected chi connectivity index (χ1v) is 12.3. The number of aliphatic hydroxyl groups is 1. The number of nitrogens with one attached hydrogen (secondary N) is 2. The van der Waals surface area contributed by atoms with Gasteiger partial charge in [0, 0.05) is 27.4 Å². The third kappa shape index (κ3) is 3.26. The minimum atomic E-state index is -0.453. The summed E-state index contributed by atoms with van der Waals surface area (Å²) in [5, 5.41) is 28.7. The Balaban J connectivity index is 1.42. The van der Waals surface area contributed by atoms with Gasteiger partial charge >= 0.3 is 0 Å². The topological polar surface area (TPSA) is 75.0 Å². The van der Waals surface area contributed by atoms with Gasteiger partial charge in [-0.3, -0.25) is 15.2 Å². The lowest BCUT2D eigenvalue weighted by Crippen LogP contribution is -2.46. The molecule has 1 saturated carbocycles. The Kier molecular flexibility index (Phi) is 4.92. The molecule has 3 aliphatic rings. The van der Waals surface area contributed by atoms with Gasteiger partial charge in [-0.25, -0.2) is 0 Å². The number of aryl methyl sites for hydroxylation is 1. The van der Waals surface area contributed by atoms with Crippen molar-refractivity contribution in [3.63, 3.8) is 0 Å². The maximum Gasteiger partial charge on any atom is 0.152 e. The molecule has 3 N–H and O–H groups in total. The number of aliphatic hydroxyl groups excluding tert-OH is 1. The van der Waals surface area contributed by atoms with Crippen LogP contribution in [0.1, 0.15) is 58.5 Å². The van der Waals surface area contributed by atoms with Crippen LogP contribution < -0.4 is 10.6 Å². The van der Waals surface area contributed by atoms with Gasteiger partial charge in [-0.2, -0.15) is 0 Å². The molecule has 1 aromatic carbocycles. The van der Waals surface area contributed by atoms with Crippen molar-refractivity contribution >= 4 is 22.9 Å². The molecule has 3 atom stereocenters. The number of hydrogen-bond donors (Lipinski definition) is 3. The summed E-state index contributed by atoms with van der Waals surface area (Å²) in [5.74, 6) is 2.04. The zero-order chi connectivity index (χ0) is 21.1. The zero-order valence-corrected chi connectivity index (χ0v) is 19.0. The van der Waals surface area contributed by atoms with E-state index in [1.165, 1.54) is 40.3 Å². The minimum absolute atomic E-state index is 0.0136. The summed E-state index contributed by atoms with van der Waals surface area (Å²) < 4.78 is 2.19. The zero-order valence-electron chi connectivity index (χ0n) is 17.4. The minimum Gasteiger partial charge on any atom is -0.378 e. The fourth-order valence-electron chi connectivity index (χ4n) is 5.17. The predicted molar refractivity (Wildman–Crippen MR) is 122 cm³/mol. The first-order chi connectivity index (χ1) is 15.1. The summed E-state index contributed by atoms with van der Waals surface area (Å²) in [6, 6.07) is 8.54. The number of aromatic nitrogens is 3. The molecule has 3 heterocycles. The van der Waals surface area contributed by atoms with Crippen molar-refractivity contribution in [1.29, 1.82) is 0 Å². The van der Waals surface area contributed by atoms with Crippen LogP contribution in [0.5, 0.6) is 0 Å². The molecule has 0 radical (unpaired) electrons. The van der Waals surface area contributed by atoms with Gasteiger partial charge < -0.3 is 5.11 Å². The van der Waals surface area contributed by atoms with Crippen molar-refractivity contribution < 1.29 is 5.11 Å². The largest absolute Gasteiger partial charge is 0.378 e. The second kappa shape index (κ2) is 7.67. The summed E-state index contributed by atoms with van der Waals surface area (Å²) in [5.41, 5.74) is 3.71. The van der Waals surface area contributed by atoms with Gasteiger partial charge in [0.1, 0.15) is 17.1 Å². The van der Waals surface area contributed by atoms with Crippen molar-refractivity contribution in [2.45, 2.75) is 63.9 Å². The first kappa shape index (κ1) is 19.9. The van der Waals surface area contributed by atoms with Crippen LogP contribution in [-0.4, -0.2) is 32.1 Å². The summed E-state index contributed by atoms with van der Waals surface area (Å²) in [4.78, 5) is 1.37.